The first-order chi connectivity index (χ1) is 11.1. The first kappa shape index (κ1) is 15.1. The van der Waals surface area contributed by atoms with Gasteiger partial charge in [0.2, 0.25) is 0 Å². The minimum Gasteiger partial charge on any atom is -0.495 e. The van der Waals surface area contributed by atoms with Crippen molar-refractivity contribution in [2.75, 3.05) is 7.11 Å². The van der Waals surface area contributed by atoms with Gasteiger partial charge in [-0.1, -0.05) is 41.9 Å². The van der Waals surface area contributed by atoms with Gasteiger partial charge in [-0.15, -0.1) is 0 Å². The van der Waals surface area contributed by atoms with Crippen molar-refractivity contribution in [2.24, 2.45) is 0 Å². The van der Waals surface area contributed by atoms with E-state index in [1.165, 1.54) is 13.2 Å². The quantitative estimate of drug-likeness (QED) is 0.789. The molecule has 0 amide bonds. The van der Waals surface area contributed by atoms with E-state index < -0.39 is 5.97 Å². The molecule has 0 fully saturated rings. The van der Waals surface area contributed by atoms with Crippen LogP contribution in [0.2, 0.25) is 5.02 Å². The number of benzene rings is 2. The Morgan fingerprint density at radius 2 is 1.91 bits per heavy atom. The van der Waals surface area contributed by atoms with Crippen molar-refractivity contribution < 1.29 is 14.6 Å². The highest BCUT2D eigenvalue weighted by molar-refractivity contribution is 6.32. The van der Waals surface area contributed by atoms with Gasteiger partial charge in [0, 0.05) is 5.56 Å². The standard InChI is InChI=1S/C17H13ClN2O3/c1-23-16-8-7-12(9-13(16)18)20-15(10-14(19-20)17(21)22)11-5-3-2-4-6-11/h2-10H,1H3,(H,21,22). The molecule has 5 nitrogen and oxygen atoms in total. The molecule has 0 saturated heterocycles. The van der Waals surface area contributed by atoms with Crippen molar-refractivity contribution in [1.82, 2.24) is 9.78 Å². The molecule has 3 aromatic rings. The summed E-state index contributed by atoms with van der Waals surface area (Å²) in [6.07, 6.45) is 0. The Morgan fingerprint density at radius 1 is 1.17 bits per heavy atom. The topological polar surface area (TPSA) is 64.4 Å². The molecule has 0 saturated carbocycles. The maximum Gasteiger partial charge on any atom is 0.356 e. The van der Waals surface area contributed by atoms with Crippen LogP contribution in [0, 0.1) is 0 Å². The van der Waals surface area contributed by atoms with Crippen LogP contribution in [0.1, 0.15) is 10.5 Å². The zero-order valence-corrected chi connectivity index (χ0v) is 13.0. The van der Waals surface area contributed by atoms with Crippen LogP contribution in [-0.2, 0) is 0 Å². The molecule has 0 bridgehead atoms. The lowest BCUT2D eigenvalue weighted by atomic mass is 10.1. The van der Waals surface area contributed by atoms with Gasteiger partial charge in [-0.25, -0.2) is 9.48 Å². The molecular weight excluding hydrogens is 316 g/mol. The summed E-state index contributed by atoms with van der Waals surface area (Å²) in [5.41, 5.74) is 2.15. The number of carbonyl (C=O) groups is 1. The fourth-order valence-corrected chi connectivity index (χ4v) is 2.54. The van der Waals surface area contributed by atoms with Crippen LogP contribution in [0.4, 0.5) is 0 Å². The summed E-state index contributed by atoms with van der Waals surface area (Å²) in [5, 5.41) is 13.8. The van der Waals surface area contributed by atoms with Crippen LogP contribution in [0.5, 0.6) is 5.75 Å². The zero-order valence-electron chi connectivity index (χ0n) is 12.2. The second-order valence-corrected chi connectivity index (χ2v) is 5.22. The molecule has 0 aliphatic heterocycles. The maximum absolute atomic E-state index is 11.3. The van der Waals surface area contributed by atoms with Gasteiger partial charge in [0.05, 0.1) is 23.5 Å². The molecule has 1 heterocycles. The summed E-state index contributed by atoms with van der Waals surface area (Å²) < 4.78 is 6.70. The summed E-state index contributed by atoms with van der Waals surface area (Å²) >= 11 is 6.16. The number of rotatable bonds is 4. The number of aromatic carboxylic acids is 1. The van der Waals surface area contributed by atoms with E-state index in [9.17, 15) is 9.90 Å². The fraction of sp³-hybridized carbons (Fsp3) is 0.0588. The molecule has 0 atom stereocenters. The number of hydrogen-bond donors (Lipinski definition) is 1. The minimum atomic E-state index is -1.08. The van der Waals surface area contributed by atoms with Gasteiger partial charge < -0.3 is 9.84 Å². The first-order valence-corrected chi connectivity index (χ1v) is 7.20. The normalized spacial score (nSPS) is 10.5. The fourth-order valence-electron chi connectivity index (χ4n) is 2.28. The van der Waals surface area contributed by atoms with Gasteiger partial charge in [-0.3, -0.25) is 0 Å². The van der Waals surface area contributed by atoms with Crippen LogP contribution in [0.15, 0.2) is 54.6 Å². The molecule has 116 valence electrons. The van der Waals surface area contributed by atoms with Gasteiger partial charge in [0.15, 0.2) is 5.69 Å². The zero-order chi connectivity index (χ0) is 16.4. The Kier molecular flexibility index (Phi) is 4.04. The Bertz CT molecular complexity index is 860. The lowest BCUT2D eigenvalue weighted by Gasteiger charge is -2.09. The smallest absolute Gasteiger partial charge is 0.356 e. The van der Waals surface area contributed by atoms with Crippen molar-refractivity contribution in [3.63, 3.8) is 0 Å². The lowest BCUT2D eigenvalue weighted by molar-refractivity contribution is 0.0690. The Morgan fingerprint density at radius 3 is 2.52 bits per heavy atom. The first-order valence-electron chi connectivity index (χ1n) is 6.83. The Labute approximate surface area is 137 Å². The van der Waals surface area contributed by atoms with Gasteiger partial charge in [-0.2, -0.15) is 5.10 Å². The molecule has 23 heavy (non-hydrogen) atoms. The van der Waals surface area contributed by atoms with Gasteiger partial charge in [0.25, 0.3) is 0 Å². The predicted octanol–water partition coefficient (Wildman–Crippen LogP) is 3.90. The average molecular weight is 329 g/mol. The van der Waals surface area contributed by atoms with Crippen LogP contribution >= 0.6 is 11.6 Å². The summed E-state index contributed by atoms with van der Waals surface area (Å²) in [5.74, 6) is -0.539. The molecule has 0 aliphatic rings. The van der Waals surface area contributed by atoms with Gasteiger partial charge in [0.1, 0.15) is 5.75 Å². The van der Waals surface area contributed by atoms with Gasteiger partial charge in [-0.05, 0) is 24.3 Å². The van der Waals surface area contributed by atoms with Crippen LogP contribution in [-0.4, -0.2) is 28.0 Å². The van der Waals surface area contributed by atoms with E-state index in [-0.39, 0.29) is 5.69 Å². The SMILES string of the molecule is COc1ccc(-n2nc(C(=O)O)cc2-c2ccccc2)cc1Cl. The highest BCUT2D eigenvalue weighted by Gasteiger charge is 2.16. The molecule has 0 radical (unpaired) electrons. The number of ether oxygens (including phenoxy) is 1. The third-order valence-corrected chi connectivity index (χ3v) is 3.67. The number of methoxy groups -OCH3 is 1. The number of halogens is 1. The molecule has 0 spiro atoms. The van der Waals surface area contributed by atoms with Crippen LogP contribution < -0.4 is 4.74 Å². The number of nitrogens with zero attached hydrogens (tertiary/aromatic N) is 2. The molecule has 3 rings (SSSR count). The molecule has 0 aliphatic carbocycles. The molecule has 1 N–H and O–H groups in total. The van der Waals surface area contributed by atoms with E-state index in [1.54, 1.807) is 22.9 Å². The van der Waals surface area contributed by atoms with Gasteiger partial charge >= 0.3 is 5.97 Å². The molecular formula is C17H13ClN2O3. The van der Waals surface area contributed by atoms with Crippen LogP contribution in [0.3, 0.4) is 0 Å². The number of aromatic nitrogens is 2. The molecule has 2 aromatic carbocycles. The largest absolute Gasteiger partial charge is 0.495 e. The number of carboxylic acids is 1. The molecule has 1 aromatic heterocycles. The second-order valence-electron chi connectivity index (χ2n) is 4.82. The third kappa shape index (κ3) is 2.91. The van der Waals surface area contributed by atoms with Crippen molar-refractivity contribution in [1.29, 1.82) is 0 Å². The summed E-state index contributed by atoms with van der Waals surface area (Å²) in [4.78, 5) is 11.3. The highest BCUT2D eigenvalue weighted by atomic mass is 35.5. The number of hydrogen-bond acceptors (Lipinski definition) is 3. The average Bonchev–Trinajstić information content (AvgIpc) is 3.01. The maximum atomic E-state index is 11.3. The minimum absolute atomic E-state index is 0.0317. The van der Waals surface area contributed by atoms with Crippen molar-refractivity contribution >= 4 is 17.6 Å². The van der Waals surface area contributed by atoms with Crippen LogP contribution in [0.25, 0.3) is 16.9 Å². The summed E-state index contributed by atoms with van der Waals surface area (Å²) in [6.45, 7) is 0. The monoisotopic (exact) mass is 328 g/mol. The summed E-state index contributed by atoms with van der Waals surface area (Å²) in [6, 6.07) is 16.2. The number of carboxylic acid groups (broad SMARTS) is 1. The van der Waals surface area contributed by atoms with E-state index in [1.807, 2.05) is 30.3 Å². The van der Waals surface area contributed by atoms with E-state index >= 15 is 0 Å². The summed E-state index contributed by atoms with van der Waals surface area (Å²) in [7, 11) is 1.53. The molecule has 0 unspecified atom stereocenters. The van der Waals surface area contributed by atoms with E-state index in [4.69, 9.17) is 16.3 Å². The second kappa shape index (κ2) is 6.14. The van der Waals surface area contributed by atoms with E-state index in [0.717, 1.165) is 5.56 Å². The third-order valence-electron chi connectivity index (χ3n) is 3.38. The highest BCUT2D eigenvalue weighted by Crippen LogP contribution is 2.29. The molecule has 6 heteroatoms. The predicted molar refractivity (Wildman–Crippen MR) is 87.5 cm³/mol. The van der Waals surface area contributed by atoms with E-state index in [2.05, 4.69) is 5.10 Å². The van der Waals surface area contributed by atoms with E-state index in [0.29, 0.717) is 22.2 Å². The van der Waals surface area contributed by atoms with Crippen molar-refractivity contribution in [3.05, 3.63) is 65.3 Å². The Balaban J connectivity index is 2.18. The van der Waals surface area contributed by atoms with Crippen molar-refractivity contribution in [2.45, 2.75) is 0 Å². The lowest BCUT2D eigenvalue weighted by Crippen LogP contribution is -2.02. The van der Waals surface area contributed by atoms with Crippen molar-refractivity contribution in [3.8, 4) is 22.7 Å². The Hall–Kier alpha value is -2.79.